The van der Waals surface area contributed by atoms with Crippen LogP contribution in [0.4, 0.5) is 0 Å². The molecule has 1 saturated carbocycles. The smallest absolute Gasteiger partial charge is 0.253 e. The molecule has 0 bridgehead atoms. The summed E-state index contributed by atoms with van der Waals surface area (Å²) >= 11 is 5.75. The van der Waals surface area contributed by atoms with E-state index in [9.17, 15) is 4.79 Å². The van der Waals surface area contributed by atoms with Crippen LogP contribution in [0.1, 0.15) is 44.1 Å². The SMILES string of the molecule is COc1ccc2[nH]c(=O)c(CN(C(=S)NC[C@H]3CCCO3)C3CCCC3)cc2c1. The molecule has 2 heterocycles. The second-order valence-corrected chi connectivity index (χ2v) is 8.35. The number of fused-ring (bicyclic) bond motifs is 1. The van der Waals surface area contributed by atoms with Crippen molar-refractivity contribution in [2.75, 3.05) is 20.3 Å². The number of methoxy groups -OCH3 is 1. The molecular weight excluding hydrogens is 386 g/mol. The summed E-state index contributed by atoms with van der Waals surface area (Å²) in [4.78, 5) is 17.9. The van der Waals surface area contributed by atoms with Gasteiger partial charge in [0.25, 0.3) is 5.56 Å². The highest BCUT2D eigenvalue weighted by atomic mass is 32.1. The van der Waals surface area contributed by atoms with Crippen LogP contribution in [0.2, 0.25) is 0 Å². The summed E-state index contributed by atoms with van der Waals surface area (Å²) < 4.78 is 11.0. The van der Waals surface area contributed by atoms with Gasteiger partial charge in [0.15, 0.2) is 5.11 Å². The molecule has 0 amide bonds. The Hall–Kier alpha value is -2.12. The van der Waals surface area contributed by atoms with Gasteiger partial charge in [-0.1, -0.05) is 12.8 Å². The number of H-pyrrole nitrogens is 1. The molecule has 0 unspecified atom stereocenters. The molecule has 2 aromatic rings. The van der Waals surface area contributed by atoms with Crippen LogP contribution in [0.5, 0.6) is 5.75 Å². The number of benzene rings is 1. The Kier molecular flexibility index (Phi) is 6.35. The Labute approximate surface area is 176 Å². The van der Waals surface area contributed by atoms with Crippen LogP contribution >= 0.6 is 12.2 Å². The standard InChI is InChI=1S/C22H29N3O3S/c1-27-18-8-9-20-15(12-18)11-16(21(26)24-20)14-25(17-5-2-3-6-17)22(29)23-13-19-7-4-10-28-19/h8-9,11-12,17,19H,2-7,10,13-14H2,1H3,(H,23,29)(H,24,26)/t19-/m1/s1. The van der Waals surface area contributed by atoms with Gasteiger partial charge in [-0.3, -0.25) is 4.79 Å². The fraction of sp³-hybridized carbons (Fsp3) is 0.545. The quantitative estimate of drug-likeness (QED) is 0.706. The first-order chi connectivity index (χ1) is 14.1. The number of hydrogen-bond donors (Lipinski definition) is 2. The number of aromatic nitrogens is 1. The van der Waals surface area contributed by atoms with Gasteiger partial charge < -0.3 is 24.7 Å². The molecule has 0 radical (unpaired) electrons. The zero-order valence-corrected chi connectivity index (χ0v) is 17.7. The van der Waals surface area contributed by atoms with Gasteiger partial charge in [0, 0.05) is 35.7 Å². The second-order valence-electron chi connectivity index (χ2n) is 7.96. The van der Waals surface area contributed by atoms with Crippen molar-refractivity contribution in [3.05, 3.63) is 40.2 Å². The van der Waals surface area contributed by atoms with E-state index in [-0.39, 0.29) is 11.7 Å². The molecule has 0 spiro atoms. The lowest BCUT2D eigenvalue weighted by molar-refractivity contribution is 0.113. The van der Waals surface area contributed by atoms with Crippen molar-refractivity contribution >= 4 is 28.2 Å². The van der Waals surface area contributed by atoms with E-state index in [1.165, 1.54) is 12.8 Å². The predicted molar refractivity (Wildman–Crippen MR) is 118 cm³/mol. The molecule has 1 atom stereocenters. The van der Waals surface area contributed by atoms with Gasteiger partial charge >= 0.3 is 0 Å². The van der Waals surface area contributed by atoms with E-state index in [1.807, 2.05) is 24.3 Å². The molecule has 1 aliphatic heterocycles. The minimum Gasteiger partial charge on any atom is -0.497 e. The predicted octanol–water partition coefficient (Wildman–Crippen LogP) is 3.33. The molecule has 1 aliphatic carbocycles. The third-order valence-electron chi connectivity index (χ3n) is 6.00. The third kappa shape index (κ3) is 4.73. The highest BCUT2D eigenvalue weighted by Crippen LogP contribution is 2.26. The van der Waals surface area contributed by atoms with Crippen molar-refractivity contribution in [2.24, 2.45) is 0 Å². The van der Waals surface area contributed by atoms with Crippen LogP contribution in [-0.4, -0.2) is 47.4 Å². The minimum absolute atomic E-state index is 0.0624. The van der Waals surface area contributed by atoms with Gasteiger partial charge in [-0.25, -0.2) is 0 Å². The fourth-order valence-electron chi connectivity index (χ4n) is 4.35. The maximum Gasteiger partial charge on any atom is 0.253 e. The largest absolute Gasteiger partial charge is 0.497 e. The van der Waals surface area contributed by atoms with Gasteiger partial charge in [0.05, 0.1) is 19.8 Å². The van der Waals surface area contributed by atoms with Gasteiger partial charge in [-0.15, -0.1) is 0 Å². The van der Waals surface area contributed by atoms with E-state index in [0.29, 0.717) is 12.6 Å². The summed E-state index contributed by atoms with van der Waals surface area (Å²) in [5.74, 6) is 0.775. The van der Waals surface area contributed by atoms with Crippen molar-refractivity contribution in [3.63, 3.8) is 0 Å². The van der Waals surface area contributed by atoms with E-state index < -0.39 is 0 Å². The number of rotatable bonds is 6. The van der Waals surface area contributed by atoms with Gasteiger partial charge in [0.2, 0.25) is 0 Å². The highest BCUT2D eigenvalue weighted by Gasteiger charge is 2.26. The molecule has 4 rings (SSSR count). The molecule has 2 fully saturated rings. The molecule has 1 aromatic heterocycles. The van der Waals surface area contributed by atoms with Crippen molar-refractivity contribution in [1.82, 2.24) is 15.2 Å². The topological polar surface area (TPSA) is 66.6 Å². The average Bonchev–Trinajstić information content (AvgIpc) is 3.44. The number of thiocarbonyl (C=S) groups is 1. The molecule has 156 valence electrons. The Morgan fingerprint density at radius 3 is 2.83 bits per heavy atom. The Balaban J connectivity index is 1.55. The first-order valence-electron chi connectivity index (χ1n) is 10.5. The molecular formula is C22H29N3O3S. The number of aromatic amines is 1. The van der Waals surface area contributed by atoms with Crippen LogP contribution in [-0.2, 0) is 11.3 Å². The van der Waals surface area contributed by atoms with Crippen molar-refractivity contribution in [1.29, 1.82) is 0 Å². The Morgan fingerprint density at radius 2 is 2.10 bits per heavy atom. The van der Waals surface area contributed by atoms with Crippen molar-refractivity contribution < 1.29 is 9.47 Å². The van der Waals surface area contributed by atoms with E-state index >= 15 is 0 Å². The monoisotopic (exact) mass is 415 g/mol. The highest BCUT2D eigenvalue weighted by molar-refractivity contribution is 7.80. The molecule has 1 saturated heterocycles. The molecule has 2 N–H and O–H groups in total. The molecule has 29 heavy (non-hydrogen) atoms. The lowest BCUT2D eigenvalue weighted by atomic mass is 10.1. The fourth-order valence-corrected chi connectivity index (χ4v) is 4.65. The van der Waals surface area contributed by atoms with E-state index in [1.54, 1.807) is 7.11 Å². The van der Waals surface area contributed by atoms with E-state index in [0.717, 1.165) is 66.2 Å². The zero-order valence-electron chi connectivity index (χ0n) is 16.9. The molecule has 1 aromatic carbocycles. The first kappa shape index (κ1) is 20.2. The number of nitrogens with zero attached hydrogens (tertiary/aromatic N) is 1. The number of nitrogens with one attached hydrogen (secondary N) is 2. The summed E-state index contributed by atoms with van der Waals surface area (Å²) in [7, 11) is 1.65. The van der Waals surface area contributed by atoms with E-state index in [2.05, 4.69) is 15.2 Å². The summed E-state index contributed by atoms with van der Waals surface area (Å²) in [5.41, 5.74) is 1.47. The third-order valence-corrected chi connectivity index (χ3v) is 6.38. The summed E-state index contributed by atoms with van der Waals surface area (Å²) in [6.07, 6.45) is 7.06. The van der Waals surface area contributed by atoms with Crippen molar-refractivity contribution in [3.8, 4) is 5.75 Å². The van der Waals surface area contributed by atoms with E-state index in [4.69, 9.17) is 21.7 Å². The van der Waals surface area contributed by atoms with Gasteiger partial charge in [-0.2, -0.15) is 0 Å². The first-order valence-corrected chi connectivity index (χ1v) is 10.9. The van der Waals surface area contributed by atoms with Crippen molar-refractivity contribution in [2.45, 2.75) is 57.2 Å². The maximum atomic E-state index is 12.7. The van der Waals surface area contributed by atoms with Crippen LogP contribution in [0.25, 0.3) is 10.9 Å². The Bertz CT molecular complexity index is 917. The van der Waals surface area contributed by atoms with Gasteiger partial charge in [-0.05, 0) is 62.2 Å². The summed E-state index contributed by atoms with van der Waals surface area (Å²) in [5, 5.41) is 5.08. The molecule has 6 nitrogen and oxygen atoms in total. The second kappa shape index (κ2) is 9.13. The lowest BCUT2D eigenvalue weighted by Crippen LogP contribution is -2.47. The number of ether oxygens (including phenoxy) is 2. The summed E-state index contributed by atoms with van der Waals surface area (Å²) in [6.45, 7) is 2.07. The van der Waals surface area contributed by atoms with Crippen LogP contribution < -0.4 is 15.6 Å². The number of hydrogen-bond acceptors (Lipinski definition) is 4. The van der Waals surface area contributed by atoms with Crippen LogP contribution in [0, 0.1) is 0 Å². The molecule has 2 aliphatic rings. The Morgan fingerprint density at radius 1 is 1.28 bits per heavy atom. The van der Waals surface area contributed by atoms with Crippen LogP contribution in [0.15, 0.2) is 29.1 Å². The normalized spacial score (nSPS) is 19.6. The summed E-state index contributed by atoms with van der Waals surface area (Å²) in [6, 6.07) is 8.01. The zero-order chi connectivity index (χ0) is 20.2. The maximum absolute atomic E-state index is 12.7. The minimum atomic E-state index is -0.0624. The lowest BCUT2D eigenvalue weighted by Gasteiger charge is -2.32. The average molecular weight is 416 g/mol. The number of pyridine rings is 1. The molecule has 7 heteroatoms. The van der Waals surface area contributed by atoms with Crippen LogP contribution in [0.3, 0.4) is 0 Å². The van der Waals surface area contributed by atoms with Gasteiger partial charge in [0.1, 0.15) is 5.75 Å².